The smallest absolute Gasteiger partial charge is 0.379 e. The molecule has 104 valence electrons. The first-order valence-corrected chi connectivity index (χ1v) is 6.63. The lowest BCUT2D eigenvalue weighted by atomic mass is 10.2. The maximum absolute atomic E-state index is 11.7. The zero-order valence-electron chi connectivity index (χ0n) is 10.6. The zero-order valence-corrected chi connectivity index (χ0v) is 12.2. The van der Waals surface area contributed by atoms with Crippen molar-refractivity contribution in [3.63, 3.8) is 0 Å². The number of ether oxygens (including phenoxy) is 2. The largest absolute Gasteiger partial charge is 0.462 e. The monoisotopic (exact) mass is 338 g/mol. The summed E-state index contributed by atoms with van der Waals surface area (Å²) in [7, 11) is 0. The van der Waals surface area contributed by atoms with Crippen molar-refractivity contribution in [3.8, 4) is 5.75 Å². The molecule has 0 aliphatic rings. The lowest BCUT2D eigenvalue weighted by molar-refractivity contribution is 0.0526. The van der Waals surface area contributed by atoms with Crippen LogP contribution in [0.1, 0.15) is 27.8 Å². The van der Waals surface area contributed by atoms with Gasteiger partial charge in [0.15, 0.2) is 0 Å². The SMILES string of the molecule is CCOC(=O)c1ccc(OC(=O)c2ccco2)c(Br)c1. The summed E-state index contributed by atoms with van der Waals surface area (Å²) in [5.41, 5.74) is 0.372. The summed E-state index contributed by atoms with van der Waals surface area (Å²) in [5.74, 6) is -0.650. The number of hydrogen-bond donors (Lipinski definition) is 0. The summed E-state index contributed by atoms with van der Waals surface area (Å²) in [6, 6.07) is 7.66. The second-order valence-corrected chi connectivity index (χ2v) is 4.59. The van der Waals surface area contributed by atoms with Gasteiger partial charge in [0.2, 0.25) is 5.76 Å². The van der Waals surface area contributed by atoms with Crippen LogP contribution in [0.15, 0.2) is 45.5 Å². The van der Waals surface area contributed by atoms with Gasteiger partial charge < -0.3 is 13.9 Å². The first-order valence-electron chi connectivity index (χ1n) is 5.84. The van der Waals surface area contributed by atoms with Crippen LogP contribution in [-0.4, -0.2) is 18.5 Å². The highest BCUT2D eigenvalue weighted by Crippen LogP contribution is 2.27. The third-order valence-corrected chi connectivity index (χ3v) is 2.99. The summed E-state index contributed by atoms with van der Waals surface area (Å²) < 4.78 is 15.4. The molecule has 0 saturated carbocycles. The highest BCUT2D eigenvalue weighted by Gasteiger charge is 2.15. The molecular formula is C14H11BrO5. The Balaban J connectivity index is 2.14. The van der Waals surface area contributed by atoms with Crippen molar-refractivity contribution >= 4 is 27.9 Å². The van der Waals surface area contributed by atoms with E-state index in [1.807, 2.05) is 0 Å². The summed E-state index contributed by atoms with van der Waals surface area (Å²) in [6.45, 7) is 2.03. The van der Waals surface area contributed by atoms with Gasteiger partial charge in [0, 0.05) is 0 Å². The highest BCUT2D eigenvalue weighted by molar-refractivity contribution is 9.10. The molecule has 0 aliphatic carbocycles. The second kappa shape index (κ2) is 6.38. The summed E-state index contributed by atoms with van der Waals surface area (Å²) in [5, 5.41) is 0. The molecular weight excluding hydrogens is 328 g/mol. The predicted octanol–water partition coefficient (Wildman–Crippen LogP) is 3.44. The van der Waals surface area contributed by atoms with Crippen LogP contribution in [0.4, 0.5) is 0 Å². The molecule has 0 amide bonds. The molecule has 5 nitrogen and oxygen atoms in total. The number of halogens is 1. The van der Waals surface area contributed by atoms with Crippen LogP contribution in [0.3, 0.4) is 0 Å². The quantitative estimate of drug-likeness (QED) is 0.631. The first-order chi connectivity index (χ1) is 9.61. The zero-order chi connectivity index (χ0) is 14.5. The molecule has 0 fully saturated rings. The van der Waals surface area contributed by atoms with Crippen molar-refractivity contribution in [1.29, 1.82) is 0 Å². The van der Waals surface area contributed by atoms with Crippen molar-refractivity contribution in [3.05, 3.63) is 52.4 Å². The Labute approximate surface area is 123 Å². The van der Waals surface area contributed by atoms with E-state index in [1.165, 1.54) is 30.5 Å². The molecule has 2 aromatic rings. The van der Waals surface area contributed by atoms with Gasteiger partial charge in [-0.1, -0.05) is 0 Å². The molecule has 0 saturated heterocycles. The van der Waals surface area contributed by atoms with Gasteiger partial charge in [-0.3, -0.25) is 0 Å². The molecule has 0 bridgehead atoms. The molecule has 0 N–H and O–H groups in total. The number of carbonyl (C=O) groups is 2. The first kappa shape index (κ1) is 14.3. The number of carbonyl (C=O) groups excluding carboxylic acids is 2. The van der Waals surface area contributed by atoms with Crippen molar-refractivity contribution < 1.29 is 23.5 Å². The second-order valence-electron chi connectivity index (χ2n) is 3.73. The van der Waals surface area contributed by atoms with Gasteiger partial charge in [-0.25, -0.2) is 9.59 Å². The van der Waals surface area contributed by atoms with Gasteiger partial charge in [0.25, 0.3) is 0 Å². The Kier molecular flexibility index (Phi) is 4.57. The van der Waals surface area contributed by atoms with Crippen LogP contribution in [0.5, 0.6) is 5.75 Å². The summed E-state index contributed by atoms with van der Waals surface area (Å²) in [4.78, 5) is 23.3. The van der Waals surface area contributed by atoms with E-state index in [2.05, 4.69) is 15.9 Å². The molecule has 6 heteroatoms. The maximum atomic E-state index is 11.7. The van der Waals surface area contributed by atoms with Gasteiger partial charge in [0.1, 0.15) is 5.75 Å². The molecule has 0 atom stereocenters. The number of benzene rings is 1. The normalized spacial score (nSPS) is 10.1. The van der Waals surface area contributed by atoms with Gasteiger partial charge in [0.05, 0.1) is 22.9 Å². The fourth-order valence-corrected chi connectivity index (χ4v) is 1.93. The Hall–Kier alpha value is -2.08. The topological polar surface area (TPSA) is 65.7 Å². The van der Waals surface area contributed by atoms with Crippen LogP contribution < -0.4 is 4.74 Å². The summed E-state index contributed by atoms with van der Waals surface area (Å²) in [6.07, 6.45) is 1.38. The fourth-order valence-electron chi connectivity index (χ4n) is 1.47. The number of furan rings is 1. The lowest BCUT2D eigenvalue weighted by Gasteiger charge is -2.07. The molecule has 1 aromatic carbocycles. The standard InChI is InChI=1S/C14H11BrO5/c1-2-18-13(16)9-5-6-11(10(15)8-9)20-14(17)12-4-3-7-19-12/h3-8H,2H2,1H3. The number of hydrogen-bond acceptors (Lipinski definition) is 5. The Bertz CT molecular complexity index is 618. The van der Waals surface area contributed by atoms with Crippen molar-refractivity contribution in [2.75, 3.05) is 6.61 Å². The minimum atomic E-state index is -0.611. The molecule has 20 heavy (non-hydrogen) atoms. The van der Waals surface area contributed by atoms with Gasteiger partial charge >= 0.3 is 11.9 Å². The average molecular weight is 339 g/mol. The number of rotatable bonds is 4. The third-order valence-electron chi connectivity index (χ3n) is 2.37. The van der Waals surface area contributed by atoms with Crippen LogP contribution in [0.25, 0.3) is 0 Å². The molecule has 1 heterocycles. The van der Waals surface area contributed by atoms with Gasteiger partial charge in [-0.15, -0.1) is 0 Å². The van der Waals surface area contributed by atoms with E-state index in [-0.39, 0.29) is 5.76 Å². The van der Waals surface area contributed by atoms with Crippen molar-refractivity contribution in [2.45, 2.75) is 6.92 Å². The lowest BCUT2D eigenvalue weighted by Crippen LogP contribution is -2.09. The Morgan fingerprint density at radius 2 is 2.05 bits per heavy atom. The van der Waals surface area contributed by atoms with Crippen LogP contribution in [-0.2, 0) is 4.74 Å². The molecule has 0 spiro atoms. The maximum Gasteiger partial charge on any atom is 0.379 e. The van der Waals surface area contributed by atoms with E-state index in [0.29, 0.717) is 22.4 Å². The van der Waals surface area contributed by atoms with Crippen molar-refractivity contribution in [1.82, 2.24) is 0 Å². The van der Waals surface area contributed by atoms with Gasteiger partial charge in [-0.05, 0) is 53.2 Å². The van der Waals surface area contributed by atoms with E-state index in [0.717, 1.165) is 0 Å². The van der Waals surface area contributed by atoms with E-state index >= 15 is 0 Å². The predicted molar refractivity (Wildman–Crippen MR) is 73.8 cm³/mol. The van der Waals surface area contributed by atoms with Crippen LogP contribution in [0, 0.1) is 0 Å². The van der Waals surface area contributed by atoms with Crippen molar-refractivity contribution in [2.24, 2.45) is 0 Å². The minimum Gasteiger partial charge on any atom is -0.462 e. The summed E-state index contributed by atoms with van der Waals surface area (Å²) >= 11 is 3.24. The van der Waals surface area contributed by atoms with E-state index in [9.17, 15) is 9.59 Å². The molecule has 0 radical (unpaired) electrons. The average Bonchev–Trinajstić information content (AvgIpc) is 2.95. The molecule has 0 unspecified atom stereocenters. The molecule has 2 rings (SSSR count). The fraction of sp³-hybridized carbons (Fsp3) is 0.143. The van der Waals surface area contributed by atoms with E-state index in [4.69, 9.17) is 13.9 Å². The highest BCUT2D eigenvalue weighted by atomic mass is 79.9. The van der Waals surface area contributed by atoms with E-state index < -0.39 is 11.9 Å². The third kappa shape index (κ3) is 3.27. The van der Waals surface area contributed by atoms with Crippen LogP contribution >= 0.6 is 15.9 Å². The van der Waals surface area contributed by atoms with Crippen LogP contribution in [0.2, 0.25) is 0 Å². The molecule has 1 aromatic heterocycles. The molecule has 0 aliphatic heterocycles. The minimum absolute atomic E-state index is 0.103. The Morgan fingerprint density at radius 1 is 1.25 bits per heavy atom. The van der Waals surface area contributed by atoms with Gasteiger partial charge in [-0.2, -0.15) is 0 Å². The van der Waals surface area contributed by atoms with E-state index in [1.54, 1.807) is 13.0 Å². The number of esters is 2. The Morgan fingerprint density at radius 3 is 2.65 bits per heavy atom.